The monoisotopic (exact) mass is 363 g/mol. The van der Waals surface area contributed by atoms with E-state index in [1.54, 1.807) is 6.07 Å². The molecule has 0 aliphatic carbocycles. The summed E-state index contributed by atoms with van der Waals surface area (Å²) >= 11 is 0. The Morgan fingerprint density at radius 3 is 2.85 bits per heavy atom. The average molecular weight is 363 g/mol. The Hall–Kier alpha value is -2.37. The standard InChI is InChI=1S/C20H22BN3O3/c22-11-14-1-4-20(15(9-14)12-24-7-5-17(23)6-8-24)27-18-2-3-19-16(10-18)13-26-21(19)25/h1-4,9-10,17,25H,5-8,12-13,23H2. The highest BCUT2D eigenvalue weighted by Gasteiger charge is 2.27. The van der Waals surface area contributed by atoms with Crippen LogP contribution in [0.5, 0.6) is 11.5 Å². The molecule has 0 aromatic heterocycles. The molecule has 4 rings (SSSR count). The van der Waals surface area contributed by atoms with Crippen molar-refractivity contribution in [3.8, 4) is 17.6 Å². The minimum Gasteiger partial charge on any atom is -0.457 e. The van der Waals surface area contributed by atoms with Crippen LogP contribution in [0.4, 0.5) is 0 Å². The summed E-state index contributed by atoms with van der Waals surface area (Å²) in [5.74, 6) is 1.43. The summed E-state index contributed by atoms with van der Waals surface area (Å²) in [6, 6.07) is 13.6. The number of fused-ring (bicyclic) bond motifs is 1. The smallest absolute Gasteiger partial charge is 0.457 e. The van der Waals surface area contributed by atoms with Crippen LogP contribution in [0.15, 0.2) is 36.4 Å². The van der Waals surface area contributed by atoms with Gasteiger partial charge >= 0.3 is 7.12 Å². The van der Waals surface area contributed by atoms with Crippen LogP contribution in [-0.4, -0.2) is 36.2 Å². The lowest BCUT2D eigenvalue weighted by Gasteiger charge is -2.30. The summed E-state index contributed by atoms with van der Waals surface area (Å²) in [7, 11) is -0.856. The second kappa shape index (κ2) is 7.71. The molecule has 0 amide bonds. The molecule has 0 atom stereocenters. The van der Waals surface area contributed by atoms with E-state index >= 15 is 0 Å². The number of ether oxygens (including phenoxy) is 1. The first kappa shape index (κ1) is 18.0. The van der Waals surface area contributed by atoms with Crippen LogP contribution in [0.3, 0.4) is 0 Å². The summed E-state index contributed by atoms with van der Waals surface area (Å²) in [5, 5.41) is 19.0. The van der Waals surface area contributed by atoms with E-state index in [9.17, 15) is 10.3 Å². The van der Waals surface area contributed by atoms with Crippen LogP contribution in [0.1, 0.15) is 29.5 Å². The first-order valence-corrected chi connectivity index (χ1v) is 9.23. The van der Waals surface area contributed by atoms with Gasteiger partial charge in [0.15, 0.2) is 0 Å². The van der Waals surface area contributed by atoms with Gasteiger partial charge in [-0.1, -0.05) is 6.07 Å². The minimum atomic E-state index is -0.856. The van der Waals surface area contributed by atoms with Gasteiger partial charge in [0.05, 0.1) is 18.2 Å². The highest BCUT2D eigenvalue weighted by Crippen LogP contribution is 2.29. The van der Waals surface area contributed by atoms with Gasteiger partial charge in [-0.05, 0) is 67.3 Å². The van der Waals surface area contributed by atoms with E-state index in [0.29, 0.717) is 17.9 Å². The van der Waals surface area contributed by atoms with Gasteiger partial charge in [-0.25, -0.2) is 0 Å². The Labute approximate surface area is 159 Å². The van der Waals surface area contributed by atoms with E-state index < -0.39 is 7.12 Å². The lowest BCUT2D eigenvalue weighted by Crippen LogP contribution is -2.39. The Morgan fingerprint density at radius 2 is 2.07 bits per heavy atom. The molecule has 0 radical (unpaired) electrons. The molecule has 2 aromatic rings. The van der Waals surface area contributed by atoms with Gasteiger partial charge in [-0.2, -0.15) is 5.26 Å². The van der Waals surface area contributed by atoms with Crippen LogP contribution in [0.25, 0.3) is 0 Å². The molecule has 0 spiro atoms. The first-order valence-electron chi connectivity index (χ1n) is 9.23. The fraction of sp³-hybridized carbons (Fsp3) is 0.350. The third kappa shape index (κ3) is 3.99. The largest absolute Gasteiger partial charge is 0.491 e. The van der Waals surface area contributed by atoms with Gasteiger partial charge in [0, 0.05) is 18.2 Å². The SMILES string of the molecule is N#Cc1ccc(Oc2ccc3c(c2)COB3O)c(CN2CCC(N)CC2)c1. The quantitative estimate of drug-likeness (QED) is 0.800. The number of piperidine rings is 1. The Morgan fingerprint density at radius 1 is 1.26 bits per heavy atom. The number of likely N-dealkylation sites (tertiary alicyclic amines) is 1. The second-order valence-electron chi connectivity index (χ2n) is 7.17. The molecular weight excluding hydrogens is 341 g/mol. The number of nitriles is 1. The molecule has 0 unspecified atom stereocenters. The summed E-state index contributed by atoms with van der Waals surface area (Å²) < 4.78 is 11.4. The molecule has 2 aliphatic rings. The van der Waals surface area contributed by atoms with Crippen LogP contribution in [-0.2, 0) is 17.8 Å². The van der Waals surface area contributed by atoms with E-state index in [0.717, 1.165) is 54.8 Å². The molecule has 7 heteroatoms. The van der Waals surface area contributed by atoms with Crippen molar-refractivity contribution >= 4 is 12.6 Å². The van der Waals surface area contributed by atoms with Crippen molar-refractivity contribution in [1.29, 1.82) is 5.26 Å². The van der Waals surface area contributed by atoms with E-state index in [1.165, 1.54) is 0 Å². The zero-order chi connectivity index (χ0) is 18.8. The lowest BCUT2D eigenvalue weighted by molar-refractivity contribution is 0.204. The summed E-state index contributed by atoms with van der Waals surface area (Å²) in [4.78, 5) is 2.35. The zero-order valence-corrected chi connectivity index (χ0v) is 15.1. The summed E-state index contributed by atoms with van der Waals surface area (Å²) in [6.07, 6.45) is 1.97. The van der Waals surface area contributed by atoms with Crippen molar-refractivity contribution in [2.45, 2.75) is 32.0 Å². The lowest BCUT2D eigenvalue weighted by atomic mass is 9.80. The van der Waals surface area contributed by atoms with Crippen molar-refractivity contribution in [1.82, 2.24) is 4.90 Å². The number of benzene rings is 2. The van der Waals surface area contributed by atoms with Crippen LogP contribution < -0.4 is 15.9 Å². The summed E-state index contributed by atoms with van der Waals surface area (Å²) in [5.41, 5.74) is 9.32. The topological polar surface area (TPSA) is 91.7 Å². The van der Waals surface area contributed by atoms with E-state index in [-0.39, 0.29) is 6.04 Å². The molecule has 0 saturated carbocycles. The molecule has 1 saturated heterocycles. The highest BCUT2D eigenvalue weighted by molar-refractivity contribution is 6.61. The minimum absolute atomic E-state index is 0.284. The van der Waals surface area contributed by atoms with Gasteiger partial charge in [0.25, 0.3) is 0 Å². The van der Waals surface area contributed by atoms with E-state index in [1.807, 2.05) is 30.3 Å². The number of hydrogen-bond donors (Lipinski definition) is 2. The third-order valence-corrected chi connectivity index (χ3v) is 5.22. The van der Waals surface area contributed by atoms with Crippen molar-refractivity contribution in [3.05, 3.63) is 53.1 Å². The van der Waals surface area contributed by atoms with Gasteiger partial charge in [-0.15, -0.1) is 0 Å². The van der Waals surface area contributed by atoms with Crippen molar-refractivity contribution in [3.63, 3.8) is 0 Å². The number of rotatable bonds is 4. The van der Waals surface area contributed by atoms with E-state index in [4.69, 9.17) is 15.1 Å². The number of hydrogen-bond acceptors (Lipinski definition) is 6. The van der Waals surface area contributed by atoms with Gasteiger partial charge in [0.1, 0.15) is 11.5 Å². The normalized spacial score (nSPS) is 17.6. The predicted molar refractivity (Wildman–Crippen MR) is 103 cm³/mol. The molecule has 138 valence electrons. The molecule has 3 N–H and O–H groups in total. The Kier molecular flexibility index (Phi) is 5.14. The van der Waals surface area contributed by atoms with Gasteiger partial charge in [0.2, 0.25) is 0 Å². The summed E-state index contributed by atoms with van der Waals surface area (Å²) in [6.45, 7) is 3.00. The predicted octanol–water partition coefficient (Wildman–Crippen LogP) is 1.49. The van der Waals surface area contributed by atoms with Crippen LogP contribution >= 0.6 is 0 Å². The first-order chi connectivity index (χ1) is 13.1. The van der Waals surface area contributed by atoms with Crippen LogP contribution in [0.2, 0.25) is 0 Å². The maximum atomic E-state index is 9.76. The van der Waals surface area contributed by atoms with Gasteiger partial charge < -0.3 is 20.1 Å². The number of nitrogens with two attached hydrogens (primary N) is 1. The number of nitrogens with zero attached hydrogens (tertiary/aromatic N) is 2. The van der Waals surface area contributed by atoms with Crippen molar-refractivity contribution < 1.29 is 14.4 Å². The van der Waals surface area contributed by atoms with E-state index in [2.05, 4.69) is 11.0 Å². The second-order valence-corrected chi connectivity index (χ2v) is 7.17. The fourth-order valence-corrected chi connectivity index (χ4v) is 3.62. The Bertz CT molecular complexity index is 875. The zero-order valence-electron chi connectivity index (χ0n) is 15.1. The molecule has 27 heavy (non-hydrogen) atoms. The molecular formula is C20H22BN3O3. The van der Waals surface area contributed by atoms with Crippen LogP contribution in [0, 0.1) is 11.3 Å². The molecule has 2 aliphatic heterocycles. The maximum absolute atomic E-state index is 9.76. The highest BCUT2D eigenvalue weighted by atomic mass is 16.5. The molecule has 1 fully saturated rings. The van der Waals surface area contributed by atoms with Gasteiger partial charge in [-0.3, -0.25) is 4.90 Å². The molecule has 2 heterocycles. The fourth-order valence-electron chi connectivity index (χ4n) is 3.62. The molecule has 0 bridgehead atoms. The molecule has 2 aromatic carbocycles. The average Bonchev–Trinajstić information content (AvgIpc) is 3.05. The Balaban J connectivity index is 1.56. The van der Waals surface area contributed by atoms with Crippen molar-refractivity contribution in [2.24, 2.45) is 5.73 Å². The maximum Gasteiger partial charge on any atom is 0.491 e. The molecule has 6 nitrogen and oxygen atoms in total. The van der Waals surface area contributed by atoms with Crippen molar-refractivity contribution in [2.75, 3.05) is 13.1 Å². The third-order valence-electron chi connectivity index (χ3n) is 5.22.